The van der Waals surface area contributed by atoms with E-state index in [1.165, 1.54) is 11.1 Å². The van der Waals surface area contributed by atoms with Gasteiger partial charge in [0, 0.05) is 6.42 Å². The molecular weight excluding hydrogens is 172 g/mol. The molecule has 0 aliphatic carbocycles. The van der Waals surface area contributed by atoms with Gasteiger partial charge in [-0.05, 0) is 23.5 Å². The first-order valence-corrected chi connectivity index (χ1v) is 5.23. The van der Waals surface area contributed by atoms with Gasteiger partial charge in [-0.15, -0.1) is 0 Å². The number of hydrogen-bond acceptors (Lipinski definition) is 1. The molecule has 0 N–H and O–H groups in total. The van der Waals surface area contributed by atoms with E-state index in [0.717, 1.165) is 12.2 Å². The molecule has 1 aromatic carbocycles. The first kappa shape index (κ1) is 9.57. The maximum Gasteiger partial charge on any atom is 0.125 e. The van der Waals surface area contributed by atoms with Crippen LogP contribution in [0, 0.1) is 12.3 Å². The second-order valence-electron chi connectivity index (χ2n) is 5.24. The Morgan fingerprint density at radius 1 is 1.29 bits per heavy atom. The molecule has 0 amide bonds. The molecule has 0 aromatic heterocycles. The lowest BCUT2D eigenvalue weighted by Crippen LogP contribution is -2.30. The van der Waals surface area contributed by atoms with Crippen LogP contribution in [0.2, 0.25) is 0 Å². The largest absolute Gasteiger partial charge is 0.489 e. The van der Waals surface area contributed by atoms with Crippen LogP contribution in [-0.2, 0) is 6.42 Å². The summed E-state index contributed by atoms with van der Waals surface area (Å²) in [6, 6.07) is 6.40. The van der Waals surface area contributed by atoms with E-state index in [4.69, 9.17) is 4.74 Å². The molecule has 14 heavy (non-hydrogen) atoms. The Labute approximate surface area is 86.1 Å². The van der Waals surface area contributed by atoms with Crippen molar-refractivity contribution >= 4 is 0 Å². The van der Waals surface area contributed by atoms with Gasteiger partial charge in [0.05, 0.1) is 0 Å². The first-order chi connectivity index (χ1) is 6.48. The molecule has 0 spiro atoms. The van der Waals surface area contributed by atoms with E-state index >= 15 is 0 Å². The van der Waals surface area contributed by atoms with Crippen LogP contribution in [0.25, 0.3) is 0 Å². The van der Waals surface area contributed by atoms with Crippen molar-refractivity contribution in [2.24, 2.45) is 5.41 Å². The Kier molecular flexibility index (Phi) is 2.06. The summed E-state index contributed by atoms with van der Waals surface area (Å²) < 4.78 is 6.00. The molecule has 76 valence electrons. The van der Waals surface area contributed by atoms with Gasteiger partial charge in [0.2, 0.25) is 0 Å². The van der Waals surface area contributed by atoms with Crippen molar-refractivity contribution in [3.63, 3.8) is 0 Å². The van der Waals surface area contributed by atoms with Gasteiger partial charge in [-0.1, -0.05) is 39.0 Å². The van der Waals surface area contributed by atoms with Crippen LogP contribution in [0.5, 0.6) is 5.75 Å². The number of benzene rings is 1. The van der Waals surface area contributed by atoms with Crippen molar-refractivity contribution in [2.75, 3.05) is 0 Å². The fourth-order valence-corrected chi connectivity index (χ4v) is 1.91. The highest BCUT2D eigenvalue weighted by atomic mass is 16.5. The lowest BCUT2D eigenvalue weighted by Gasteiger charge is -2.26. The minimum Gasteiger partial charge on any atom is -0.489 e. The lowest BCUT2D eigenvalue weighted by atomic mass is 9.86. The van der Waals surface area contributed by atoms with E-state index in [0.29, 0.717) is 6.10 Å². The smallest absolute Gasteiger partial charge is 0.125 e. The molecule has 0 radical (unpaired) electrons. The highest BCUT2D eigenvalue weighted by Crippen LogP contribution is 2.38. The Morgan fingerprint density at radius 2 is 2.00 bits per heavy atom. The molecule has 0 saturated carbocycles. The molecular formula is C13H18O. The molecule has 0 bridgehead atoms. The molecule has 0 fully saturated rings. The van der Waals surface area contributed by atoms with E-state index in [-0.39, 0.29) is 5.41 Å². The quantitative estimate of drug-likeness (QED) is 0.609. The van der Waals surface area contributed by atoms with Gasteiger partial charge in [-0.2, -0.15) is 0 Å². The second-order valence-corrected chi connectivity index (χ2v) is 5.24. The zero-order valence-electron chi connectivity index (χ0n) is 9.42. The highest BCUT2D eigenvalue weighted by Gasteiger charge is 2.33. The highest BCUT2D eigenvalue weighted by molar-refractivity contribution is 5.44. The van der Waals surface area contributed by atoms with E-state index in [1.807, 2.05) is 0 Å². The monoisotopic (exact) mass is 190 g/mol. The van der Waals surface area contributed by atoms with Crippen LogP contribution < -0.4 is 4.74 Å². The van der Waals surface area contributed by atoms with E-state index < -0.39 is 0 Å². The summed E-state index contributed by atoms with van der Waals surface area (Å²) in [4.78, 5) is 0. The third-order valence-corrected chi connectivity index (χ3v) is 2.92. The summed E-state index contributed by atoms with van der Waals surface area (Å²) in [7, 11) is 0. The Hall–Kier alpha value is -0.980. The minimum atomic E-state index is 0.228. The van der Waals surface area contributed by atoms with Crippen LogP contribution in [0.4, 0.5) is 0 Å². The normalized spacial score (nSPS) is 20.4. The summed E-state index contributed by atoms with van der Waals surface area (Å²) in [6.07, 6.45) is 1.39. The van der Waals surface area contributed by atoms with Crippen molar-refractivity contribution in [1.29, 1.82) is 0 Å². The van der Waals surface area contributed by atoms with Crippen molar-refractivity contribution in [2.45, 2.75) is 40.2 Å². The summed E-state index contributed by atoms with van der Waals surface area (Å²) >= 11 is 0. The van der Waals surface area contributed by atoms with Gasteiger partial charge in [0.1, 0.15) is 11.9 Å². The van der Waals surface area contributed by atoms with Crippen molar-refractivity contribution in [1.82, 2.24) is 0 Å². The van der Waals surface area contributed by atoms with Crippen LogP contribution in [0.3, 0.4) is 0 Å². The fraction of sp³-hybridized carbons (Fsp3) is 0.538. The fourth-order valence-electron chi connectivity index (χ4n) is 1.91. The van der Waals surface area contributed by atoms with Crippen molar-refractivity contribution in [3.8, 4) is 5.75 Å². The lowest BCUT2D eigenvalue weighted by molar-refractivity contribution is 0.108. The van der Waals surface area contributed by atoms with E-state index in [2.05, 4.69) is 45.9 Å². The predicted octanol–water partition coefficient (Wildman–Crippen LogP) is 3.34. The van der Waals surface area contributed by atoms with Gasteiger partial charge < -0.3 is 4.74 Å². The van der Waals surface area contributed by atoms with Gasteiger partial charge in [0.25, 0.3) is 0 Å². The Bertz CT molecular complexity index is 347. The molecule has 1 unspecified atom stereocenters. The number of ether oxygens (including phenoxy) is 1. The molecule has 1 aliphatic rings. The predicted molar refractivity (Wildman–Crippen MR) is 58.8 cm³/mol. The summed E-state index contributed by atoms with van der Waals surface area (Å²) in [6.45, 7) is 8.82. The minimum absolute atomic E-state index is 0.228. The molecule has 1 nitrogen and oxygen atoms in total. The second kappa shape index (κ2) is 3.01. The Morgan fingerprint density at radius 3 is 2.57 bits per heavy atom. The average molecular weight is 190 g/mol. The molecule has 1 atom stereocenters. The van der Waals surface area contributed by atoms with Gasteiger partial charge in [-0.3, -0.25) is 0 Å². The molecule has 2 rings (SSSR count). The van der Waals surface area contributed by atoms with Crippen LogP contribution in [0.15, 0.2) is 18.2 Å². The summed E-state index contributed by atoms with van der Waals surface area (Å²) in [5.74, 6) is 1.12. The zero-order valence-corrected chi connectivity index (χ0v) is 9.42. The van der Waals surface area contributed by atoms with E-state index in [1.54, 1.807) is 0 Å². The Balaban J connectivity index is 2.31. The number of hydrogen-bond donors (Lipinski definition) is 0. The van der Waals surface area contributed by atoms with E-state index in [9.17, 15) is 0 Å². The number of rotatable bonds is 0. The van der Waals surface area contributed by atoms with Crippen molar-refractivity contribution in [3.05, 3.63) is 29.3 Å². The molecule has 1 heteroatoms. The SMILES string of the molecule is Cc1cccc2c1OC(C(C)(C)C)C2. The van der Waals surface area contributed by atoms with Crippen LogP contribution >= 0.6 is 0 Å². The number of aryl methyl sites for hydroxylation is 1. The molecule has 0 saturated heterocycles. The number of fused-ring (bicyclic) bond motifs is 1. The number of para-hydroxylation sites is 1. The van der Waals surface area contributed by atoms with Crippen molar-refractivity contribution < 1.29 is 4.74 Å². The van der Waals surface area contributed by atoms with Gasteiger partial charge >= 0.3 is 0 Å². The molecule has 1 aliphatic heterocycles. The molecule has 1 heterocycles. The zero-order chi connectivity index (χ0) is 10.3. The van der Waals surface area contributed by atoms with Gasteiger partial charge in [0.15, 0.2) is 0 Å². The summed E-state index contributed by atoms with van der Waals surface area (Å²) in [5.41, 5.74) is 2.85. The average Bonchev–Trinajstić information content (AvgIpc) is 2.48. The third kappa shape index (κ3) is 1.52. The summed E-state index contributed by atoms with van der Waals surface area (Å²) in [5, 5.41) is 0. The van der Waals surface area contributed by atoms with Gasteiger partial charge in [-0.25, -0.2) is 0 Å². The third-order valence-electron chi connectivity index (χ3n) is 2.92. The standard InChI is InChI=1S/C13H18O/c1-9-6-5-7-10-8-11(13(2,3)4)14-12(9)10/h5-7,11H,8H2,1-4H3. The first-order valence-electron chi connectivity index (χ1n) is 5.23. The van der Waals surface area contributed by atoms with Crippen LogP contribution in [-0.4, -0.2) is 6.10 Å². The maximum absolute atomic E-state index is 6.00. The maximum atomic E-state index is 6.00. The topological polar surface area (TPSA) is 9.23 Å². The molecule has 1 aromatic rings. The van der Waals surface area contributed by atoms with Crippen LogP contribution in [0.1, 0.15) is 31.9 Å².